The number of halogens is 1. The van der Waals surface area contributed by atoms with Crippen molar-refractivity contribution in [2.45, 2.75) is 33.2 Å². The molecule has 32 heavy (non-hydrogen) atoms. The van der Waals surface area contributed by atoms with Crippen molar-refractivity contribution in [2.75, 3.05) is 11.5 Å². The molecular formula is C25H24ClN3O2S. The highest BCUT2D eigenvalue weighted by molar-refractivity contribution is 7.22. The molecule has 0 aliphatic carbocycles. The standard InChI is InChI=1S/C25H24ClN3O2S/c1-3-4-13-31-21-10-8-18(9-11-21)24(30)29(16-20-7-5-6-12-27-20)25-28-23-17(2)14-19(26)15-22(23)32-25/h5-12,14-15H,3-4,13,16H2,1-2H3. The highest BCUT2D eigenvalue weighted by Gasteiger charge is 2.23. The van der Waals surface area contributed by atoms with Gasteiger partial charge >= 0.3 is 0 Å². The highest BCUT2D eigenvalue weighted by atomic mass is 35.5. The summed E-state index contributed by atoms with van der Waals surface area (Å²) in [4.78, 5) is 24.4. The number of fused-ring (bicyclic) bond motifs is 1. The number of thiazole rings is 1. The van der Waals surface area contributed by atoms with Crippen molar-refractivity contribution in [1.82, 2.24) is 9.97 Å². The summed E-state index contributed by atoms with van der Waals surface area (Å²) in [7, 11) is 0. The molecule has 0 spiro atoms. The number of pyridine rings is 1. The van der Waals surface area contributed by atoms with Crippen molar-refractivity contribution in [3.8, 4) is 5.75 Å². The van der Waals surface area contributed by atoms with Gasteiger partial charge in [-0.2, -0.15) is 0 Å². The molecule has 2 aromatic carbocycles. The third-order valence-electron chi connectivity index (χ3n) is 5.03. The van der Waals surface area contributed by atoms with Crippen molar-refractivity contribution in [3.63, 3.8) is 0 Å². The maximum Gasteiger partial charge on any atom is 0.260 e. The first kappa shape index (κ1) is 22.2. The average Bonchev–Trinajstić information content (AvgIpc) is 3.22. The summed E-state index contributed by atoms with van der Waals surface area (Å²) in [5.74, 6) is 0.620. The third kappa shape index (κ3) is 5.09. The lowest BCUT2D eigenvalue weighted by Gasteiger charge is -2.20. The molecule has 5 nitrogen and oxygen atoms in total. The highest BCUT2D eigenvalue weighted by Crippen LogP contribution is 2.34. The van der Waals surface area contributed by atoms with Gasteiger partial charge in [-0.05, 0) is 67.4 Å². The van der Waals surface area contributed by atoms with Crippen molar-refractivity contribution < 1.29 is 9.53 Å². The Bertz CT molecular complexity index is 1210. The molecule has 2 aromatic heterocycles. The minimum atomic E-state index is -0.140. The number of carbonyl (C=O) groups excluding carboxylic acids is 1. The van der Waals surface area contributed by atoms with E-state index in [0.29, 0.717) is 28.9 Å². The van der Waals surface area contributed by atoms with E-state index in [1.807, 2.05) is 49.4 Å². The van der Waals surface area contributed by atoms with E-state index in [1.54, 1.807) is 23.2 Å². The Morgan fingerprint density at radius 3 is 2.69 bits per heavy atom. The van der Waals surface area contributed by atoms with E-state index in [4.69, 9.17) is 21.3 Å². The summed E-state index contributed by atoms with van der Waals surface area (Å²) in [5.41, 5.74) is 3.19. The van der Waals surface area contributed by atoms with E-state index in [0.717, 1.165) is 40.1 Å². The first-order chi connectivity index (χ1) is 15.5. The average molecular weight is 466 g/mol. The van der Waals surface area contributed by atoms with Crippen molar-refractivity contribution in [2.24, 2.45) is 0 Å². The molecule has 0 atom stereocenters. The second kappa shape index (κ2) is 10.1. The lowest BCUT2D eigenvalue weighted by molar-refractivity contribution is 0.0985. The molecule has 0 N–H and O–H groups in total. The molecule has 0 bridgehead atoms. The number of amides is 1. The van der Waals surface area contributed by atoms with Gasteiger partial charge in [0, 0.05) is 16.8 Å². The van der Waals surface area contributed by atoms with E-state index < -0.39 is 0 Å². The van der Waals surface area contributed by atoms with Crippen LogP contribution >= 0.6 is 22.9 Å². The van der Waals surface area contributed by atoms with Crippen LogP contribution in [0.5, 0.6) is 5.75 Å². The van der Waals surface area contributed by atoms with Gasteiger partial charge in [-0.1, -0.05) is 42.3 Å². The smallest absolute Gasteiger partial charge is 0.260 e. The van der Waals surface area contributed by atoms with Gasteiger partial charge in [0.05, 0.1) is 29.1 Å². The number of benzene rings is 2. The molecule has 0 aliphatic heterocycles. The summed E-state index contributed by atoms with van der Waals surface area (Å²) in [6, 6.07) is 16.7. The summed E-state index contributed by atoms with van der Waals surface area (Å²) in [5, 5.41) is 1.27. The van der Waals surface area contributed by atoms with Crippen LogP contribution in [0.4, 0.5) is 5.13 Å². The van der Waals surface area contributed by atoms with Crippen molar-refractivity contribution >= 4 is 44.2 Å². The van der Waals surface area contributed by atoms with Gasteiger partial charge in [-0.15, -0.1) is 0 Å². The molecular weight excluding hydrogens is 442 g/mol. The minimum absolute atomic E-state index is 0.140. The lowest BCUT2D eigenvalue weighted by Crippen LogP contribution is -2.30. The summed E-state index contributed by atoms with van der Waals surface area (Å²) < 4.78 is 6.68. The third-order valence-corrected chi connectivity index (χ3v) is 6.27. The number of nitrogens with zero attached hydrogens (tertiary/aromatic N) is 3. The quantitative estimate of drug-likeness (QED) is 0.272. The monoisotopic (exact) mass is 465 g/mol. The van der Waals surface area contributed by atoms with Crippen LogP contribution in [0, 0.1) is 6.92 Å². The second-order valence-electron chi connectivity index (χ2n) is 7.50. The minimum Gasteiger partial charge on any atom is -0.494 e. The largest absolute Gasteiger partial charge is 0.494 e. The van der Waals surface area contributed by atoms with Crippen molar-refractivity contribution in [3.05, 3.63) is 82.6 Å². The molecule has 0 saturated heterocycles. The number of carbonyl (C=O) groups is 1. The number of unbranched alkanes of at least 4 members (excludes halogenated alkanes) is 1. The number of rotatable bonds is 8. The van der Waals surface area contributed by atoms with E-state index in [-0.39, 0.29) is 5.91 Å². The predicted molar refractivity (Wildman–Crippen MR) is 131 cm³/mol. The van der Waals surface area contributed by atoms with Gasteiger partial charge in [0.15, 0.2) is 5.13 Å². The number of anilines is 1. The Balaban J connectivity index is 1.66. The fourth-order valence-electron chi connectivity index (χ4n) is 3.32. The Morgan fingerprint density at radius 1 is 1.16 bits per heavy atom. The molecule has 0 saturated carbocycles. The van der Waals surface area contributed by atoms with E-state index in [9.17, 15) is 4.79 Å². The van der Waals surface area contributed by atoms with Gasteiger partial charge in [0.1, 0.15) is 5.75 Å². The number of ether oxygens (including phenoxy) is 1. The van der Waals surface area contributed by atoms with Crippen LogP contribution in [0.2, 0.25) is 5.02 Å². The summed E-state index contributed by atoms with van der Waals surface area (Å²) in [6.45, 7) is 5.09. The van der Waals surface area contributed by atoms with Crippen LogP contribution < -0.4 is 9.64 Å². The van der Waals surface area contributed by atoms with Crippen LogP contribution in [0.15, 0.2) is 60.8 Å². The molecule has 7 heteroatoms. The zero-order valence-electron chi connectivity index (χ0n) is 18.0. The summed E-state index contributed by atoms with van der Waals surface area (Å²) in [6.07, 6.45) is 3.80. The van der Waals surface area contributed by atoms with Crippen molar-refractivity contribution in [1.29, 1.82) is 0 Å². The zero-order chi connectivity index (χ0) is 22.5. The molecule has 1 amide bonds. The predicted octanol–water partition coefficient (Wildman–Crippen LogP) is 6.68. The summed E-state index contributed by atoms with van der Waals surface area (Å²) >= 11 is 7.69. The van der Waals surface area contributed by atoms with E-state index in [1.165, 1.54) is 11.3 Å². The first-order valence-electron chi connectivity index (χ1n) is 10.6. The molecule has 0 radical (unpaired) electrons. The molecule has 0 aliphatic rings. The lowest BCUT2D eigenvalue weighted by atomic mass is 10.2. The van der Waals surface area contributed by atoms with E-state index >= 15 is 0 Å². The molecule has 2 heterocycles. The van der Waals surface area contributed by atoms with Gasteiger partial charge in [-0.25, -0.2) is 4.98 Å². The van der Waals surface area contributed by atoms with E-state index in [2.05, 4.69) is 11.9 Å². The maximum atomic E-state index is 13.5. The number of hydrogen-bond donors (Lipinski definition) is 0. The zero-order valence-corrected chi connectivity index (χ0v) is 19.6. The van der Waals surface area contributed by atoms with Crippen LogP contribution in [-0.4, -0.2) is 22.5 Å². The molecule has 0 fully saturated rings. The Morgan fingerprint density at radius 2 is 1.97 bits per heavy atom. The number of aromatic nitrogens is 2. The fourth-order valence-corrected chi connectivity index (χ4v) is 4.74. The topological polar surface area (TPSA) is 55.3 Å². The van der Waals surface area contributed by atoms with Crippen LogP contribution in [0.25, 0.3) is 10.2 Å². The number of aryl methyl sites for hydroxylation is 1. The SMILES string of the molecule is CCCCOc1ccc(C(=O)N(Cc2ccccn2)c2nc3c(C)cc(Cl)cc3s2)cc1. The van der Waals surface area contributed by atoms with Gasteiger partial charge in [0.25, 0.3) is 5.91 Å². The molecule has 164 valence electrons. The normalized spacial score (nSPS) is 11.0. The molecule has 4 aromatic rings. The van der Waals surface area contributed by atoms with Crippen LogP contribution in [0.3, 0.4) is 0 Å². The van der Waals surface area contributed by atoms with Gasteiger partial charge < -0.3 is 4.74 Å². The second-order valence-corrected chi connectivity index (χ2v) is 8.95. The van der Waals surface area contributed by atoms with Gasteiger partial charge in [0.2, 0.25) is 0 Å². The number of hydrogen-bond acceptors (Lipinski definition) is 5. The maximum absolute atomic E-state index is 13.5. The first-order valence-corrected chi connectivity index (χ1v) is 11.8. The Hall–Kier alpha value is -2.96. The molecule has 4 rings (SSSR count). The van der Waals surface area contributed by atoms with Crippen LogP contribution in [-0.2, 0) is 6.54 Å². The Kier molecular flexibility index (Phi) is 7.02. The fraction of sp³-hybridized carbons (Fsp3) is 0.240. The Labute approximate surface area is 196 Å². The van der Waals surface area contributed by atoms with Crippen LogP contribution in [0.1, 0.15) is 41.4 Å². The van der Waals surface area contributed by atoms with Gasteiger partial charge in [-0.3, -0.25) is 14.7 Å². The molecule has 0 unspecified atom stereocenters.